The first kappa shape index (κ1) is 18.1. The van der Waals surface area contributed by atoms with E-state index in [1.165, 1.54) is 6.92 Å². The van der Waals surface area contributed by atoms with Crippen LogP contribution in [0.15, 0.2) is 168 Å². The average molecular weight is 597 g/mol. The van der Waals surface area contributed by atoms with E-state index >= 15 is 0 Å². The van der Waals surface area contributed by atoms with E-state index in [0.29, 0.717) is 5.56 Å². The topological polar surface area (TPSA) is 13.1 Å². The molecule has 8 aromatic carbocycles. The first-order chi connectivity index (χ1) is 26.9. The number of rotatable bonds is 4. The molecule has 0 unspecified atom stereocenters. The summed E-state index contributed by atoms with van der Waals surface area (Å²) in [5, 5.41) is 3.33. The molecule has 1 nitrogen and oxygen atoms in total. The summed E-state index contributed by atoms with van der Waals surface area (Å²) in [6.45, 7) is 1.52. The van der Waals surface area contributed by atoms with E-state index in [4.69, 9.17) is 14.0 Å². The van der Waals surface area contributed by atoms with Crippen LogP contribution < -0.4 is 0 Å². The Morgan fingerprint density at radius 2 is 1.04 bits per heavy atom. The third-order valence-electron chi connectivity index (χ3n) is 8.64. The van der Waals surface area contributed by atoms with Crippen molar-refractivity contribution in [2.75, 3.05) is 0 Å². The normalized spacial score (nSPS) is 14.6. The van der Waals surface area contributed by atoms with Crippen LogP contribution in [0.2, 0.25) is 0 Å². The second kappa shape index (κ2) is 10.6. The molecule has 9 aromatic rings. The molecule has 9 rings (SSSR count). The van der Waals surface area contributed by atoms with Crippen molar-refractivity contribution in [2.24, 2.45) is 0 Å². The summed E-state index contributed by atoms with van der Waals surface area (Å²) < 4.78 is 95.2. The Morgan fingerprint density at radius 3 is 1.74 bits per heavy atom. The molecule has 0 spiro atoms. The number of hydrogen-bond acceptors (Lipinski definition) is 1. The summed E-state index contributed by atoms with van der Waals surface area (Å²) >= 11 is 0. The van der Waals surface area contributed by atoms with Crippen LogP contribution in [0.5, 0.6) is 0 Å². The number of furan rings is 1. The summed E-state index contributed by atoms with van der Waals surface area (Å²) in [6, 6.07) is 29.9. The largest absolute Gasteiger partial charge is 0.456 e. The van der Waals surface area contributed by atoms with E-state index in [1.807, 2.05) is 72.8 Å². The Morgan fingerprint density at radius 1 is 0.435 bits per heavy atom. The number of hydrogen-bond donors (Lipinski definition) is 0. The van der Waals surface area contributed by atoms with Gasteiger partial charge in [0.05, 0.1) is 13.7 Å². The molecular formula is C45H30O. The van der Waals surface area contributed by atoms with Crippen molar-refractivity contribution in [3.63, 3.8) is 0 Å². The van der Waals surface area contributed by atoms with Crippen molar-refractivity contribution in [3.8, 4) is 44.5 Å². The summed E-state index contributed by atoms with van der Waals surface area (Å²) in [5.41, 5.74) is 4.53. The Hall–Kier alpha value is -5.92. The fourth-order valence-electron chi connectivity index (χ4n) is 6.64. The predicted octanol–water partition coefficient (Wildman–Crippen LogP) is 12.9. The molecule has 1 heterocycles. The molecule has 0 saturated carbocycles. The maximum absolute atomic E-state index is 9.71. The van der Waals surface area contributed by atoms with Crippen LogP contribution in [-0.4, -0.2) is 0 Å². The molecule has 1 heteroatoms. The third-order valence-corrected chi connectivity index (χ3v) is 8.64. The molecule has 0 N–H and O–H groups in total. The minimum atomic E-state index is -0.583. The lowest BCUT2D eigenvalue weighted by molar-refractivity contribution is 0.669. The van der Waals surface area contributed by atoms with Gasteiger partial charge in [0.15, 0.2) is 0 Å². The quantitative estimate of drug-likeness (QED) is 0.184. The van der Waals surface area contributed by atoms with Crippen molar-refractivity contribution in [3.05, 3.63) is 169 Å². The maximum atomic E-state index is 9.71. The Kier molecular flexibility index (Phi) is 4.19. The van der Waals surface area contributed by atoms with Gasteiger partial charge in [0, 0.05) is 10.8 Å². The Balaban J connectivity index is 1.40. The Bertz CT molecular complexity index is 3060. The molecule has 1 aromatic heterocycles. The molecule has 46 heavy (non-hydrogen) atoms. The molecule has 0 aliphatic carbocycles. The van der Waals surface area contributed by atoms with Gasteiger partial charge >= 0.3 is 0 Å². The molecule has 0 amide bonds. The highest BCUT2D eigenvalue weighted by molar-refractivity contribution is 6.22. The first-order valence-corrected chi connectivity index (χ1v) is 15.0. The molecule has 0 saturated heterocycles. The van der Waals surface area contributed by atoms with Crippen molar-refractivity contribution >= 4 is 43.5 Å². The van der Waals surface area contributed by atoms with E-state index in [-0.39, 0.29) is 74.4 Å². The highest BCUT2D eigenvalue weighted by Crippen LogP contribution is 2.46. The van der Waals surface area contributed by atoms with E-state index in [9.17, 15) is 4.11 Å². The van der Waals surface area contributed by atoms with Gasteiger partial charge in [0.2, 0.25) is 0 Å². The lowest BCUT2D eigenvalue weighted by atomic mass is 9.85. The fourth-order valence-corrected chi connectivity index (χ4v) is 6.64. The molecule has 0 aliphatic heterocycles. The maximum Gasteiger partial charge on any atom is 0.136 e. The van der Waals surface area contributed by atoms with E-state index in [2.05, 4.69) is 30.3 Å². The Labute approximate surface area is 282 Å². The number of fused-ring (bicyclic) bond motifs is 5. The second-order valence-electron chi connectivity index (χ2n) is 11.3. The van der Waals surface area contributed by atoms with Gasteiger partial charge < -0.3 is 4.42 Å². The zero-order valence-electron chi connectivity index (χ0n) is 34.7. The molecule has 216 valence electrons. The third kappa shape index (κ3) is 4.17. The van der Waals surface area contributed by atoms with Crippen LogP contribution in [0.1, 0.15) is 19.3 Å². The lowest BCUT2D eigenvalue weighted by Gasteiger charge is -2.18. The molecule has 0 aliphatic rings. The van der Waals surface area contributed by atoms with Crippen LogP contribution in [0, 0.1) is 6.92 Å². The predicted molar refractivity (Wildman–Crippen MR) is 195 cm³/mol. The van der Waals surface area contributed by atoms with Gasteiger partial charge in [-0.2, -0.15) is 0 Å². The van der Waals surface area contributed by atoms with Crippen molar-refractivity contribution in [1.29, 1.82) is 0 Å². The lowest BCUT2D eigenvalue weighted by Crippen LogP contribution is -1.91. The van der Waals surface area contributed by atoms with Gasteiger partial charge in [-0.25, -0.2) is 0 Å². The SMILES string of the molecule is [2H]c1c([2H])c([2H])c(-c2c(C)c([2H])c([2H])c3oc4c([2H])c(-c5c6ccccc6c(-c6cccc(-c7ccccc7)c6)c6ccccc56)c([2H])c([2H])c4c23)c([2H])c1[2H]. The monoisotopic (exact) mass is 596 g/mol. The van der Waals surface area contributed by atoms with Gasteiger partial charge in [-0.05, 0) is 103 Å². The van der Waals surface area contributed by atoms with E-state index in [0.717, 1.165) is 43.8 Å². The molecule has 0 bridgehead atoms. The van der Waals surface area contributed by atoms with Crippen LogP contribution >= 0.6 is 0 Å². The van der Waals surface area contributed by atoms with Gasteiger partial charge in [0.25, 0.3) is 0 Å². The average Bonchev–Trinajstić information content (AvgIpc) is 3.63. The molecule has 0 radical (unpaired) electrons. The molecule has 0 atom stereocenters. The highest BCUT2D eigenvalue weighted by atomic mass is 16.3. The van der Waals surface area contributed by atoms with Crippen molar-refractivity contribution in [2.45, 2.75) is 6.92 Å². The van der Waals surface area contributed by atoms with Crippen LogP contribution in [0.4, 0.5) is 0 Å². The highest BCUT2D eigenvalue weighted by Gasteiger charge is 2.19. The van der Waals surface area contributed by atoms with Gasteiger partial charge in [0.1, 0.15) is 11.2 Å². The van der Waals surface area contributed by atoms with E-state index < -0.39 is 30.2 Å². The van der Waals surface area contributed by atoms with Crippen LogP contribution in [0.25, 0.3) is 88.0 Å². The molecule has 0 fully saturated rings. The summed E-state index contributed by atoms with van der Waals surface area (Å²) in [7, 11) is 0. The zero-order valence-corrected chi connectivity index (χ0v) is 24.7. The minimum absolute atomic E-state index is 0.000111. The van der Waals surface area contributed by atoms with Gasteiger partial charge in [-0.3, -0.25) is 0 Å². The smallest absolute Gasteiger partial charge is 0.136 e. The molecular weight excluding hydrogens is 556 g/mol. The zero-order chi connectivity index (χ0) is 39.3. The summed E-state index contributed by atoms with van der Waals surface area (Å²) in [6.07, 6.45) is 0. The standard InChI is InChI=1S/C45H30O/c1-29-23-26-40-45(42(29)31-15-6-3-7-16-31)39-25-24-34(28-41(39)46-40)44-37-21-10-8-19-35(37)43(36-20-9-11-22-38(36)44)33-18-12-17-32(27-33)30-13-4-2-5-14-30/h2-28H,1H3/i3D,6D,7D,15D,16D,23D,24D,25D,26D,28D. The van der Waals surface area contributed by atoms with Gasteiger partial charge in [-0.15, -0.1) is 0 Å². The minimum Gasteiger partial charge on any atom is -0.456 e. The van der Waals surface area contributed by atoms with Crippen molar-refractivity contribution < 1.29 is 18.1 Å². The summed E-state index contributed by atoms with van der Waals surface area (Å²) in [4.78, 5) is 0. The first-order valence-electron chi connectivity index (χ1n) is 20.0. The number of benzene rings is 8. The van der Waals surface area contributed by atoms with Crippen LogP contribution in [0.3, 0.4) is 0 Å². The fraction of sp³-hybridized carbons (Fsp3) is 0.0222. The van der Waals surface area contributed by atoms with E-state index in [1.54, 1.807) is 0 Å². The van der Waals surface area contributed by atoms with Crippen molar-refractivity contribution in [1.82, 2.24) is 0 Å². The van der Waals surface area contributed by atoms with Gasteiger partial charge in [-0.1, -0.05) is 139 Å². The second-order valence-corrected chi connectivity index (χ2v) is 11.3. The summed E-state index contributed by atoms with van der Waals surface area (Å²) in [5.74, 6) is 0. The van der Waals surface area contributed by atoms with Crippen LogP contribution in [-0.2, 0) is 0 Å².